The van der Waals surface area contributed by atoms with E-state index in [4.69, 9.17) is 4.74 Å². The molecule has 1 saturated carbocycles. The Morgan fingerprint density at radius 3 is 2.21 bits per heavy atom. The standard InChI is InChI=1S/C32H38FN3O5S/c1-41-28-19-17-27(18-20-28)36(42(2,39)40)23-31(37)35(22-25-13-9-10-16-29(25)33)30(21-24-11-5-3-6-12-24)32(38)34-26-14-7-4-8-15-26/h3,5-6,9-13,16-20,26,30H,4,7-8,14-15,21-23H2,1-2H3,(H,34,38)/t30-/m1/s1. The molecule has 0 aliphatic heterocycles. The summed E-state index contributed by atoms with van der Waals surface area (Å²) in [5.41, 5.74) is 1.32. The summed E-state index contributed by atoms with van der Waals surface area (Å²) in [7, 11) is -2.41. The first-order valence-electron chi connectivity index (χ1n) is 14.1. The Morgan fingerprint density at radius 1 is 0.952 bits per heavy atom. The van der Waals surface area contributed by atoms with Crippen molar-refractivity contribution in [2.75, 3.05) is 24.2 Å². The Bertz CT molecular complexity index is 1440. The Labute approximate surface area is 247 Å². The number of sulfonamides is 1. The molecule has 3 aromatic carbocycles. The summed E-state index contributed by atoms with van der Waals surface area (Å²) in [6.07, 6.45) is 6.04. The summed E-state index contributed by atoms with van der Waals surface area (Å²) in [4.78, 5) is 29.4. The lowest BCUT2D eigenvalue weighted by atomic mass is 9.94. The molecule has 1 N–H and O–H groups in total. The maximum Gasteiger partial charge on any atom is 0.244 e. The number of benzene rings is 3. The molecule has 1 fully saturated rings. The second-order valence-corrected chi connectivity index (χ2v) is 12.5. The zero-order valence-electron chi connectivity index (χ0n) is 24.0. The van der Waals surface area contributed by atoms with Crippen LogP contribution in [0.2, 0.25) is 0 Å². The van der Waals surface area contributed by atoms with Crippen LogP contribution in [0.25, 0.3) is 0 Å². The molecule has 0 heterocycles. The molecule has 3 aromatic rings. The summed E-state index contributed by atoms with van der Waals surface area (Å²) in [6, 6.07) is 20.7. The van der Waals surface area contributed by atoms with Crippen LogP contribution < -0.4 is 14.4 Å². The Balaban J connectivity index is 1.72. The summed E-state index contributed by atoms with van der Waals surface area (Å²) in [5, 5.41) is 3.13. The van der Waals surface area contributed by atoms with Crippen molar-refractivity contribution in [1.29, 1.82) is 0 Å². The monoisotopic (exact) mass is 595 g/mol. The zero-order valence-corrected chi connectivity index (χ0v) is 24.9. The van der Waals surface area contributed by atoms with Gasteiger partial charge in [-0.05, 0) is 48.7 Å². The van der Waals surface area contributed by atoms with E-state index in [2.05, 4.69) is 5.32 Å². The average molecular weight is 596 g/mol. The number of amides is 2. The number of rotatable bonds is 12. The van der Waals surface area contributed by atoms with Crippen LogP contribution in [0.1, 0.15) is 43.2 Å². The molecule has 1 aliphatic rings. The number of carbonyl (C=O) groups excluding carboxylic acids is 2. The summed E-state index contributed by atoms with van der Waals surface area (Å²) in [5.74, 6) is -0.955. The van der Waals surface area contributed by atoms with Gasteiger partial charge in [-0.2, -0.15) is 0 Å². The van der Waals surface area contributed by atoms with Crippen molar-refractivity contribution < 1.29 is 27.1 Å². The first kappa shape index (κ1) is 31.0. The van der Waals surface area contributed by atoms with E-state index in [1.54, 1.807) is 42.5 Å². The number of carbonyl (C=O) groups is 2. The van der Waals surface area contributed by atoms with Gasteiger partial charge >= 0.3 is 0 Å². The lowest BCUT2D eigenvalue weighted by molar-refractivity contribution is -0.140. The van der Waals surface area contributed by atoms with Crippen molar-refractivity contribution in [1.82, 2.24) is 10.2 Å². The first-order chi connectivity index (χ1) is 20.2. The van der Waals surface area contributed by atoms with E-state index in [9.17, 15) is 22.4 Å². The van der Waals surface area contributed by atoms with Gasteiger partial charge in [0.05, 0.1) is 19.1 Å². The highest BCUT2D eigenvalue weighted by Crippen LogP contribution is 2.24. The molecule has 0 saturated heterocycles. The first-order valence-corrected chi connectivity index (χ1v) is 16.0. The van der Waals surface area contributed by atoms with Crippen LogP contribution in [-0.4, -0.2) is 57.1 Å². The van der Waals surface area contributed by atoms with Crippen molar-refractivity contribution in [3.05, 3.63) is 95.8 Å². The topological polar surface area (TPSA) is 96.0 Å². The molecular weight excluding hydrogens is 557 g/mol. The molecule has 4 rings (SSSR count). The van der Waals surface area contributed by atoms with Gasteiger partial charge in [-0.1, -0.05) is 67.8 Å². The number of hydrogen-bond donors (Lipinski definition) is 1. The zero-order chi connectivity index (χ0) is 30.1. The Morgan fingerprint density at radius 2 is 1.60 bits per heavy atom. The molecule has 42 heavy (non-hydrogen) atoms. The molecule has 0 radical (unpaired) electrons. The van der Waals surface area contributed by atoms with Gasteiger partial charge in [-0.15, -0.1) is 0 Å². The van der Waals surface area contributed by atoms with E-state index >= 15 is 0 Å². The molecule has 2 amide bonds. The number of nitrogens with zero attached hydrogens (tertiary/aromatic N) is 2. The maximum atomic E-state index is 14.9. The minimum absolute atomic E-state index is 0.0123. The van der Waals surface area contributed by atoms with E-state index in [0.29, 0.717) is 5.75 Å². The van der Waals surface area contributed by atoms with Gasteiger partial charge in [0.1, 0.15) is 24.2 Å². The number of halogens is 1. The number of hydrogen-bond acceptors (Lipinski definition) is 5. The molecule has 1 aliphatic carbocycles. The van der Waals surface area contributed by atoms with Gasteiger partial charge in [0.2, 0.25) is 21.8 Å². The smallest absolute Gasteiger partial charge is 0.244 e. The molecule has 10 heteroatoms. The highest BCUT2D eigenvalue weighted by atomic mass is 32.2. The number of methoxy groups -OCH3 is 1. The van der Waals surface area contributed by atoms with Gasteiger partial charge in [0.15, 0.2) is 0 Å². The van der Waals surface area contributed by atoms with E-state index < -0.39 is 34.3 Å². The fourth-order valence-electron chi connectivity index (χ4n) is 5.27. The van der Waals surface area contributed by atoms with Crippen LogP contribution in [0, 0.1) is 5.82 Å². The van der Waals surface area contributed by atoms with Crippen LogP contribution in [0.3, 0.4) is 0 Å². The number of nitrogens with one attached hydrogen (secondary N) is 1. The van der Waals surface area contributed by atoms with Gasteiger partial charge in [-0.25, -0.2) is 12.8 Å². The minimum atomic E-state index is -3.90. The van der Waals surface area contributed by atoms with Crippen LogP contribution in [0.5, 0.6) is 5.75 Å². The molecule has 8 nitrogen and oxygen atoms in total. The van der Waals surface area contributed by atoms with Crippen molar-refractivity contribution in [3.63, 3.8) is 0 Å². The summed E-state index contributed by atoms with van der Waals surface area (Å²) in [6.45, 7) is -0.775. The fraction of sp³-hybridized carbons (Fsp3) is 0.375. The largest absolute Gasteiger partial charge is 0.497 e. The van der Waals surface area contributed by atoms with Crippen molar-refractivity contribution >= 4 is 27.5 Å². The second kappa shape index (κ2) is 14.3. The van der Waals surface area contributed by atoms with E-state index in [0.717, 1.165) is 48.2 Å². The maximum absolute atomic E-state index is 14.9. The Hall–Kier alpha value is -3.92. The van der Waals surface area contributed by atoms with Gasteiger partial charge < -0.3 is 15.0 Å². The predicted molar refractivity (Wildman–Crippen MR) is 161 cm³/mol. The minimum Gasteiger partial charge on any atom is -0.497 e. The highest BCUT2D eigenvalue weighted by molar-refractivity contribution is 7.92. The quantitative estimate of drug-likeness (QED) is 0.328. The highest BCUT2D eigenvalue weighted by Gasteiger charge is 2.34. The molecular formula is C32H38FN3O5S. The lowest BCUT2D eigenvalue weighted by Crippen LogP contribution is -2.55. The average Bonchev–Trinajstić information content (AvgIpc) is 2.99. The number of ether oxygens (including phenoxy) is 1. The third kappa shape index (κ3) is 8.31. The van der Waals surface area contributed by atoms with Crippen LogP contribution >= 0.6 is 0 Å². The van der Waals surface area contributed by atoms with Gasteiger partial charge in [0.25, 0.3) is 0 Å². The van der Waals surface area contributed by atoms with Crippen LogP contribution in [-0.2, 0) is 32.6 Å². The molecule has 0 spiro atoms. The molecule has 0 unspecified atom stereocenters. The third-order valence-corrected chi connectivity index (χ3v) is 8.70. The van der Waals surface area contributed by atoms with Crippen molar-refractivity contribution in [2.45, 2.75) is 57.2 Å². The SMILES string of the molecule is COc1ccc(N(CC(=O)N(Cc2ccccc2F)[C@H](Cc2ccccc2)C(=O)NC2CCCCC2)S(C)(=O)=O)cc1. The number of anilines is 1. The fourth-order valence-corrected chi connectivity index (χ4v) is 6.12. The van der Waals surface area contributed by atoms with Gasteiger partial charge in [-0.3, -0.25) is 13.9 Å². The summed E-state index contributed by atoms with van der Waals surface area (Å²) >= 11 is 0. The third-order valence-electron chi connectivity index (χ3n) is 7.56. The van der Waals surface area contributed by atoms with E-state index in [-0.39, 0.29) is 36.2 Å². The lowest BCUT2D eigenvalue weighted by Gasteiger charge is -2.35. The summed E-state index contributed by atoms with van der Waals surface area (Å²) < 4.78 is 46.9. The van der Waals surface area contributed by atoms with Crippen LogP contribution in [0.4, 0.5) is 10.1 Å². The molecule has 0 aromatic heterocycles. The van der Waals surface area contributed by atoms with E-state index in [1.165, 1.54) is 18.1 Å². The van der Waals surface area contributed by atoms with Crippen molar-refractivity contribution in [3.8, 4) is 5.75 Å². The normalized spacial score (nSPS) is 14.5. The predicted octanol–water partition coefficient (Wildman–Crippen LogP) is 4.69. The molecule has 0 bridgehead atoms. The molecule has 1 atom stereocenters. The second-order valence-electron chi connectivity index (χ2n) is 10.6. The van der Waals surface area contributed by atoms with Gasteiger partial charge in [0, 0.05) is 24.6 Å². The van der Waals surface area contributed by atoms with E-state index in [1.807, 2.05) is 30.3 Å². The Kier molecular flexibility index (Phi) is 10.6. The van der Waals surface area contributed by atoms with Crippen molar-refractivity contribution in [2.24, 2.45) is 0 Å². The van der Waals surface area contributed by atoms with Crippen LogP contribution in [0.15, 0.2) is 78.9 Å². The molecule has 224 valence electrons.